The van der Waals surface area contributed by atoms with Gasteiger partial charge in [0.15, 0.2) is 5.82 Å². The molecular formula is C13H9ClN4O3. The summed E-state index contributed by atoms with van der Waals surface area (Å²) in [6.45, 7) is 0. The van der Waals surface area contributed by atoms with Gasteiger partial charge in [0.1, 0.15) is 11.9 Å². The van der Waals surface area contributed by atoms with Crippen molar-refractivity contribution in [2.75, 3.05) is 0 Å². The van der Waals surface area contributed by atoms with Crippen LogP contribution in [0.25, 0.3) is 16.7 Å². The molecule has 106 valence electrons. The molecule has 0 unspecified atom stereocenters. The van der Waals surface area contributed by atoms with E-state index in [2.05, 4.69) is 10.1 Å². The summed E-state index contributed by atoms with van der Waals surface area (Å²) in [4.78, 5) is 27.9. The zero-order chi connectivity index (χ0) is 15.1. The molecule has 0 fully saturated rings. The molecule has 2 heterocycles. The molecule has 3 rings (SSSR count). The van der Waals surface area contributed by atoms with Crippen molar-refractivity contribution in [2.45, 2.75) is 0 Å². The number of aromatic carboxylic acids is 1. The third-order valence-electron chi connectivity index (χ3n) is 3.09. The molecule has 8 heteroatoms. The predicted octanol–water partition coefficient (Wildman–Crippen LogP) is 1.47. The van der Waals surface area contributed by atoms with Crippen LogP contribution in [0.4, 0.5) is 0 Å². The number of benzene rings is 1. The summed E-state index contributed by atoms with van der Waals surface area (Å²) in [5, 5.41) is 13.8. The molecule has 0 radical (unpaired) electrons. The quantitative estimate of drug-likeness (QED) is 0.774. The standard InChI is InChI=1S/C13H9ClN4O3/c1-17-11(9(5-16-17)13(20)21)18-6-15-10-3-2-7(14)4-8(10)12(18)19/h2-6H,1H3,(H,20,21). The van der Waals surface area contributed by atoms with Crippen molar-refractivity contribution in [2.24, 2.45) is 7.05 Å². The van der Waals surface area contributed by atoms with E-state index in [0.717, 1.165) is 4.57 Å². The van der Waals surface area contributed by atoms with E-state index >= 15 is 0 Å². The molecule has 0 aliphatic carbocycles. The van der Waals surface area contributed by atoms with E-state index in [1.165, 1.54) is 23.3 Å². The van der Waals surface area contributed by atoms with Gasteiger partial charge < -0.3 is 5.11 Å². The van der Waals surface area contributed by atoms with Gasteiger partial charge in [-0.3, -0.25) is 9.48 Å². The maximum Gasteiger partial charge on any atom is 0.341 e. The van der Waals surface area contributed by atoms with Crippen molar-refractivity contribution in [3.63, 3.8) is 0 Å². The number of carboxylic acid groups (broad SMARTS) is 1. The monoisotopic (exact) mass is 304 g/mol. The van der Waals surface area contributed by atoms with E-state index < -0.39 is 11.5 Å². The Balaban J connectivity index is 2.37. The third kappa shape index (κ3) is 2.07. The molecule has 0 spiro atoms. The minimum Gasteiger partial charge on any atom is -0.477 e. The molecule has 0 bridgehead atoms. The van der Waals surface area contributed by atoms with Crippen LogP contribution in [0.5, 0.6) is 0 Å². The molecule has 1 aromatic carbocycles. The summed E-state index contributed by atoms with van der Waals surface area (Å²) in [6.07, 6.45) is 2.47. The molecule has 0 aliphatic rings. The normalized spacial score (nSPS) is 11.0. The Hall–Kier alpha value is -2.67. The highest BCUT2D eigenvalue weighted by Crippen LogP contribution is 2.16. The maximum absolute atomic E-state index is 12.5. The topological polar surface area (TPSA) is 90.0 Å². The molecule has 0 amide bonds. The number of nitrogens with zero attached hydrogens (tertiary/aromatic N) is 4. The number of halogens is 1. The number of fused-ring (bicyclic) bond motifs is 1. The Morgan fingerprint density at radius 1 is 1.38 bits per heavy atom. The first-order valence-corrected chi connectivity index (χ1v) is 6.29. The van der Waals surface area contributed by atoms with E-state index in [0.29, 0.717) is 15.9 Å². The summed E-state index contributed by atoms with van der Waals surface area (Å²) in [6, 6.07) is 4.76. The number of carbonyl (C=O) groups is 1. The van der Waals surface area contributed by atoms with Crippen LogP contribution >= 0.6 is 11.6 Å². The lowest BCUT2D eigenvalue weighted by molar-refractivity contribution is 0.0697. The molecular weight excluding hydrogens is 296 g/mol. The van der Waals surface area contributed by atoms with Gasteiger partial charge in [0.25, 0.3) is 5.56 Å². The van der Waals surface area contributed by atoms with Crippen molar-refractivity contribution in [3.05, 3.63) is 51.7 Å². The highest BCUT2D eigenvalue weighted by molar-refractivity contribution is 6.31. The van der Waals surface area contributed by atoms with E-state index in [4.69, 9.17) is 11.6 Å². The molecule has 0 saturated carbocycles. The van der Waals surface area contributed by atoms with Gasteiger partial charge in [-0.2, -0.15) is 5.10 Å². The Morgan fingerprint density at radius 2 is 2.14 bits per heavy atom. The average molecular weight is 305 g/mol. The second kappa shape index (κ2) is 4.71. The van der Waals surface area contributed by atoms with Gasteiger partial charge in [-0.25, -0.2) is 14.3 Å². The number of aromatic nitrogens is 4. The minimum absolute atomic E-state index is 0.0808. The Bertz CT molecular complexity index is 929. The van der Waals surface area contributed by atoms with Gasteiger partial charge >= 0.3 is 5.97 Å². The van der Waals surface area contributed by atoms with E-state index in [9.17, 15) is 14.7 Å². The summed E-state index contributed by atoms with van der Waals surface area (Å²) in [5.74, 6) is -1.03. The SMILES string of the molecule is Cn1ncc(C(=O)O)c1-n1cnc2ccc(Cl)cc2c1=O. The van der Waals surface area contributed by atoms with Gasteiger partial charge in [0.05, 0.1) is 17.1 Å². The maximum atomic E-state index is 12.5. The van der Waals surface area contributed by atoms with Crippen molar-refractivity contribution in [3.8, 4) is 5.82 Å². The molecule has 7 nitrogen and oxygen atoms in total. The first-order valence-electron chi connectivity index (χ1n) is 5.91. The number of aryl methyl sites for hydroxylation is 1. The second-order valence-electron chi connectivity index (χ2n) is 4.39. The molecule has 0 saturated heterocycles. The lowest BCUT2D eigenvalue weighted by Gasteiger charge is -2.08. The van der Waals surface area contributed by atoms with Crippen molar-refractivity contribution in [1.29, 1.82) is 0 Å². The summed E-state index contributed by atoms with van der Waals surface area (Å²) in [5.41, 5.74) is -0.00364. The molecule has 0 aliphatic heterocycles. The van der Waals surface area contributed by atoms with Crippen LogP contribution in [0.1, 0.15) is 10.4 Å². The van der Waals surface area contributed by atoms with Crippen LogP contribution in [-0.4, -0.2) is 30.4 Å². The zero-order valence-corrected chi connectivity index (χ0v) is 11.6. The first-order chi connectivity index (χ1) is 9.99. The first kappa shape index (κ1) is 13.3. The van der Waals surface area contributed by atoms with Crippen LogP contribution < -0.4 is 5.56 Å². The Kier molecular flexibility index (Phi) is 2.99. The van der Waals surface area contributed by atoms with E-state index in [1.807, 2.05) is 0 Å². The highest BCUT2D eigenvalue weighted by Gasteiger charge is 2.18. The fourth-order valence-corrected chi connectivity index (χ4v) is 2.28. The van der Waals surface area contributed by atoms with Crippen molar-refractivity contribution < 1.29 is 9.90 Å². The largest absolute Gasteiger partial charge is 0.477 e. The summed E-state index contributed by atoms with van der Waals surface area (Å²) < 4.78 is 2.46. The molecule has 2 aromatic heterocycles. The number of hydrogen-bond donors (Lipinski definition) is 1. The van der Waals surface area contributed by atoms with Crippen LogP contribution in [-0.2, 0) is 7.05 Å². The van der Waals surface area contributed by atoms with Crippen LogP contribution in [0, 0.1) is 0 Å². The van der Waals surface area contributed by atoms with Gasteiger partial charge in [0, 0.05) is 12.1 Å². The lowest BCUT2D eigenvalue weighted by atomic mass is 10.2. The second-order valence-corrected chi connectivity index (χ2v) is 4.83. The predicted molar refractivity (Wildman–Crippen MR) is 76.1 cm³/mol. The number of carboxylic acids is 1. The van der Waals surface area contributed by atoms with Gasteiger partial charge in [0.2, 0.25) is 0 Å². The minimum atomic E-state index is -1.17. The van der Waals surface area contributed by atoms with Gasteiger partial charge in [-0.15, -0.1) is 0 Å². The fraction of sp³-hybridized carbons (Fsp3) is 0.0769. The van der Waals surface area contributed by atoms with E-state index in [1.54, 1.807) is 19.2 Å². The number of hydrogen-bond acceptors (Lipinski definition) is 4. The Labute approximate surface area is 123 Å². The van der Waals surface area contributed by atoms with Crippen molar-refractivity contribution in [1.82, 2.24) is 19.3 Å². The lowest BCUT2D eigenvalue weighted by Crippen LogP contribution is -2.23. The van der Waals surface area contributed by atoms with Gasteiger partial charge in [-0.1, -0.05) is 11.6 Å². The molecule has 21 heavy (non-hydrogen) atoms. The number of rotatable bonds is 2. The third-order valence-corrected chi connectivity index (χ3v) is 3.32. The molecule has 0 atom stereocenters. The Morgan fingerprint density at radius 3 is 2.86 bits per heavy atom. The van der Waals surface area contributed by atoms with Crippen LogP contribution in [0.15, 0.2) is 35.5 Å². The summed E-state index contributed by atoms with van der Waals surface area (Å²) in [7, 11) is 1.55. The fourth-order valence-electron chi connectivity index (χ4n) is 2.11. The van der Waals surface area contributed by atoms with Crippen molar-refractivity contribution >= 4 is 28.5 Å². The summed E-state index contributed by atoms with van der Waals surface area (Å²) >= 11 is 5.89. The van der Waals surface area contributed by atoms with E-state index in [-0.39, 0.29) is 11.4 Å². The van der Waals surface area contributed by atoms with Crippen LogP contribution in [0.2, 0.25) is 5.02 Å². The zero-order valence-electron chi connectivity index (χ0n) is 10.8. The van der Waals surface area contributed by atoms with Crippen LogP contribution in [0.3, 0.4) is 0 Å². The van der Waals surface area contributed by atoms with Gasteiger partial charge in [-0.05, 0) is 18.2 Å². The average Bonchev–Trinajstić information content (AvgIpc) is 2.82. The highest BCUT2D eigenvalue weighted by atomic mass is 35.5. The smallest absolute Gasteiger partial charge is 0.341 e. The molecule has 1 N–H and O–H groups in total. The molecule has 3 aromatic rings.